The Kier molecular flexibility index (Phi) is 3.16. The third-order valence-corrected chi connectivity index (χ3v) is 3.83. The summed E-state index contributed by atoms with van der Waals surface area (Å²) in [5.41, 5.74) is 1.73. The predicted molar refractivity (Wildman–Crippen MR) is 72.3 cm³/mol. The number of nitrogens with zero attached hydrogens (tertiary/aromatic N) is 4. The molecular formula is C13H11FN4S. The van der Waals surface area contributed by atoms with Gasteiger partial charge in [-0.3, -0.25) is 4.68 Å². The van der Waals surface area contributed by atoms with Gasteiger partial charge in [0.2, 0.25) is 0 Å². The molecule has 0 saturated heterocycles. The molecule has 4 nitrogen and oxygen atoms in total. The number of fused-ring (bicyclic) bond motifs is 1. The van der Waals surface area contributed by atoms with Crippen LogP contribution >= 0.6 is 11.8 Å². The Morgan fingerprint density at radius 1 is 1.32 bits per heavy atom. The highest BCUT2D eigenvalue weighted by atomic mass is 32.2. The maximum absolute atomic E-state index is 13.1. The second kappa shape index (κ2) is 4.97. The van der Waals surface area contributed by atoms with Crippen LogP contribution in [-0.4, -0.2) is 19.7 Å². The van der Waals surface area contributed by atoms with Crippen molar-refractivity contribution in [2.75, 3.05) is 0 Å². The normalized spacial score (nSPS) is 11.1. The van der Waals surface area contributed by atoms with Crippen LogP contribution in [0.3, 0.4) is 0 Å². The molecule has 0 aliphatic heterocycles. The molecule has 0 aliphatic carbocycles. The molecule has 0 fully saturated rings. The lowest BCUT2D eigenvalue weighted by Gasteiger charge is -2.02. The van der Waals surface area contributed by atoms with Crippen molar-refractivity contribution < 1.29 is 4.39 Å². The summed E-state index contributed by atoms with van der Waals surface area (Å²) in [7, 11) is 1.84. The molecule has 19 heavy (non-hydrogen) atoms. The van der Waals surface area contributed by atoms with Crippen LogP contribution < -0.4 is 0 Å². The van der Waals surface area contributed by atoms with Crippen LogP contribution in [0, 0.1) is 5.82 Å². The molecule has 0 N–H and O–H groups in total. The van der Waals surface area contributed by atoms with E-state index in [4.69, 9.17) is 0 Å². The average molecular weight is 274 g/mol. The number of aromatic nitrogens is 4. The van der Waals surface area contributed by atoms with Gasteiger partial charge in [0.05, 0.1) is 11.6 Å². The monoisotopic (exact) mass is 274 g/mol. The second-order valence-electron chi connectivity index (χ2n) is 4.10. The van der Waals surface area contributed by atoms with E-state index in [0.29, 0.717) is 5.75 Å². The Balaban J connectivity index is 1.86. The van der Waals surface area contributed by atoms with Gasteiger partial charge in [-0.1, -0.05) is 12.1 Å². The Morgan fingerprint density at radius 3 is 3.05 bits per heavy atom. The first-order valence-corrected chi connectivity index (χ1v) is 6.72. The largest absolute Gasteiger partial charge is 0.250 e. The maximum atomic E-state index is 13.1. The number of thioether (sulfide) groups is 1. The Labute approximate surface area is 113 Å². The van der Waals surface area contributed by atoms with E-state index in [-0.39, 0.29) is 5.82 Å². The molecular weight excluding hydrogens is 263 g/mol. The minimum atomic E-state index is -0.215. The lowest BCUT2D eigenvalue weighted by atomic mass is 10.2. The SMILES string of the molecule is Cn1ncc2c(SCc3cccc(F)c3)ncnc21. The highest BCUT2D eigenvalue weighted by Crippen LogP contribution is 2.26. The van der Waals surface area contributed by atoms with Gasteiger partial charge in [0, 0.05) is 12.8 Å². The summed E-state index contributed by atoms with van der Waals surface area (Å²) in [6.07, 6.45) is 3.28. The topological polar surface area (TPSA) is 43.6 Å². The Morgan fingerprint density at radius 2 is 2.21 bits per heavy atom. The highest BCUT2D eigenvalue weighted by molar-refractivity contribution is 7.98. The van der Waals surface area contributed by atoms with Crippen molar-refractivity contribution in [3.05, 3.63) is 48.2 Å². The number of hydrogen-bond acceptors (Lipinski definition) is 4. The van der Waals surface area contributed by atoms with Crippen molar-refractivity contribution in [3.63, 3.8) is 0 Å². The number of aryl methyl sites for hydroxylation is 1. The van der Waals surface area contributed by atoms with Gasteiger partial charge in [0.1, 0.15) is 17.2 Å². The molecule has 0 spiro atoms. The van der Waals surface area contributed by atoms with E-state index in [9.17, 15) is 4.39 Å². The summed E-state index contributed by atoms with van der Waals surface area (Å²) in [6, 6.07) is 6.59. The molecule has 0 aliphatic rings. The molecule has 0 atom stereocenters. The molecule has 0 unspecified atom stereocenters. The number of hydrogen-bond donors (Lipinski definition) is 0. The van der Waals surface area contributed by atoms with E-state index in [1.165, 1.54) is 18.5 Å². The third kappa shape index (κ3) is 2.44. The van der Waals surface area contributed by atoms with Crippen molar-refractivity contribution in [2.24, 2.45) is 7.05 Å². The minimum Gasteiger partial charge on any atom is -0.250 e. The fourth-order valence-corrected chi connectivity index (χ4v) is 2.74. The van der Waals surface area contributed by atoms with Crippen molar-refractivity contribution in [2.45, 2.75) is 10.8 Å². The van der Waals surface area contributed by atoms with Crippen LogP contribution in [0.25, 0.3) is 11.0 Å². The first kappa shape index (κ1) is 12.1. The summed E-state index contributed by atoms with van der Waals surface area (Å²) in [5, 5.41) is 5.95. The zero-order chi connectivity index (χ0) is 13.2. The fourth-order valence-electron chi connectivity index (χ4n) is 1.83. The van der Waals surface area contributed by atoms with Crippen LogP contribution in [0.2, 0.25) is 0 Å². The van der Waals surface area contributed by atoms with Gasteiger partial charge in [-0.05, 0) is 17.7 Å². The summed E-state index contributed by atoms with van der Waals surface area (Å²) in [6.45, 7) is 0. The molecule has 2 aromatic heterocycles. The smallest absolute Gasteiger partial charge is 0.162 e. The molecule has 1 aromatic carbocycles. The molecule has 2 heterocycles. The first-order chi connectivity index (χ1) is 9.24. The zero-order valence-corrected chi connectivity index (χ0v) is 11.1. The summed E-state index contributed by atoms with van der Waals surface area (Å²) in [5.74, 6) is 0.450. The van der Waals surface area contributed by atoms with Crippen molar-refractivity contribution in [3.8, 4) is 0 Å². The van der Waals surface area contributed by atoms with Gasteiger partial charge in [-0.15, -0.1) is 11.8 Å². The minimum absolute atomic E-state index is 0.215. The standard InChI is InChI=1S/C13H11FN4S/c1-18-12-11(6-17-18)13(16-8-15-12)19-7-9-3-2-4-10(14)5-9/h2-6,8H,7H2,1H3. The van der Waals surface area contributed by atoms with Crippen molar-refractivity contribution >= 4 is 22.8 Å². The van der Waals surface area contributed by atoms with Crippen LogP contribution in [0.15, 0.2) is 41.8 Å². The van der Waals surface area contributed by atoms with Gasteiger partial charge in [0.15, 0.2) is 5.65 Å². The van der Waals surface area contributed by atoms with E-state index >= 15 is 0 Å². The molecule has 0 radical (unpaired) electrons. The molecule has 3 rings (SSSR count). The summed E-state index contributed by atoms with van der Waals surface area (Å²) >= 11 is 1.55. The lowest BCUT2D eigenvalue weighted by Crippen LogP contribution is -1.93. The Bertz CT molecular complexity index is 725. The van der Waals surface area contributed by atoms with E-state index in [1.807, 2.05) is 13.1 Å². The second-order valence-corrected chi connectivity index (χ2v) is 5.07. The van der Waals surface area contributed by atoms with Crippen molar-refractivity contribution in [1.82, 2.24) is 19.7 Å². The number of rotatable bonds is 3. The van der Waals surface area contributed by atoms with Crippen LogP contribution in [0.5, 0.6) is 0 Å². The van der Waals surface area contributed by atoms with E-state index in [2.05, 4.69) is 15.1 Å². The predicted octanol–water partition coefficient (Wildman–Crippen LogP) is 2.79. The van der Waals surface area contributed by atoms with Gasteiger partial charge < -0.3 is 0 Å². The molecule has 96 valence electrons. The van der Waals surface area contributed by atoms with Gasteiger partial charge in [0.25, 0.3) is 0 Å². The average Bonchev–Trinajstić information content (AvgIpc) is 2.79. The van der Waals surface area contributed by atoms with Crippen LogP contribution in [0.1, 0.15) is 5.56 Å². The molecule has 0 bridgehead atoms. The van der Waals surface area contributed by atoms with Gasteiger partial charge in [-0.2, -0.15) is 5.10 Å². The van der Waals surface area contributed by atoms with E-state index in [1.54, 1.807) is 28.7 Å². The molecule has 0 amide bonds. The third-order valence-electron chi connectivity index (χ3n) is 2.76. The summed E-state index contributed by atoms with van der Waals surface area (Å²) in [4.78, 5) is 8.45. The highest BCUT2D eigenvalue weighted by Gasteiger charge is 2.08. The van der Waals surface area contributed by atoms with Crippen LogP contribution in [-0.2, 0) is 12.8 Å². The molecule has 3 aromatic rings. The van der Waals surface area contributed by atoms with Gasteiger partial charge in [-0.25, -0.2) is 14.4 Å². The number of halogens is 1. The lowest BCUT2D eigenvalue weighted by molar-refractivity contribution is 0.626. The van der Waals surface area contributed by atoms with Crippen molar-refractivity contribution in [1.29, 1.82) is 0 Å². The maximum Gasteiger partial charge on any atom is 0.162 e. The molecule has 0 saturated carbocycles. The fraction of sp³-hybridized carbons (Fsp3) is 0.154. The van der Waals surface area contributed by atoms with Crippen LogP contribution in [0.4, 0.5) is 4.39 Å². The van der Waals surface area contributed by atoms with E-state index in [0.717, 1.165) is 21.6 Å². The molecule has 6 heteroatoms. The first-order valence-electron chi connectivity index (χ1n) is 5.74. The number of benzene rings is 1. The quantitative estimate of drug-likeness (QED) is 0.544. The summed E-state index contributed by atoms with van der Waals surface area (Å²) < 4.78 is 14.8. The Hall–Kier alpha value is -1.95. The zero-order valence-electron chi connectivity index (χ0n) is 10.2. The van der Waals surface area contributed by atoms with E-state index < -0.39 is 0 Å². The van der Waals surface area contributed by atoms with Gasteiger partial charge >= 0.3 is 0 Å².